The zero-order chi connectivity index (χ0) is 23.0. The monoisotopic (exact) mass is 477 g/mol. The summed E-state index contributed by atoms with van der Waals surface area (Å²) < 4.78 is 2.32. The molecule has 1 heterocycles. The highest BCUT2D eigenvalue weighted by Gasteiger charge is 2.23. The molecule has 1 saturated carbocycles. The lowest BCUT2D eigenvalue weighted by Crippen LogP contribution is -2.25. The molecule has 1 amide bonds. The number of amides is 1. The second-order valence-electron chi connectivity index (χ2n) is 7.98. The van der Waals surface area contributed by atoms with Gasteiger partial charge in [-0.3, -0.25) is 4.79 Å². The quantitative estimate of drug-likeness (QED) is 0.324. The molecule has 0 atom stereocenters. The average Bonchev–Trinajstić information content (AvgIpc) is 3.52. The first-order valence-electron chi connectivity index (χ1n) is 11.2. The maximum absolute atomic E-state index is 12.9. The van der Waals surface area contributed by atoms with E-state index in [1.54, 1.807) is 17.8 Å². The summed E-state index contributed by atoms with van der Waals surface area (Å²) in [6, 6.07) is 17.7. The van der Waals surface area contributed by atoms with Gasteiger partial charge >= 0.3 is 0 Å². The summed E-state index contributed by atoms with van der Waals surface area (Å²) in [5, 5.41) is 22.2. The molecule has 0 unspecified atom stereocenters. The largest absolute Gasteiger partial charge is 0.352 e. The fourth-order valence-corrected chi connectivity index (χ4v) is 5.80. The van der Waals surface area contributed by atoms with Crippen LogP contribution in [0.25, 0.3) is 0 Å². The lowest BCUT2D eigenvalue weighted by Gasteiger charge is -2.16. The Morgan fingerprint density at radius 1 is 1.12 bits per heavy atom. The summed E-state index contributed by atoms with van der Waals surface area (Å²) in [5.74, 6) is 0.916. The molecule has 1 aromatic heterocycles. The molecule has 6 nitrogen and oxygen atoms in total. The lowest BCUT2D eigenvalue weighted by molar-refractivity contribution is 0.0950. The van der Waals surface area contributed by atoms with Gasteiger partial charge in [0.05, 0.1) is 11.1 Å². The summed E-state index contributed by atoms with van der Waals surface area (Å²) >= 11 is 3.09. The number of thioether (sulfide) groups is 1. The fourth-order valence-electron chi connectivity index (χ4n) is 4.20. The molecule has 0 saturated heterocycles. The van der Waals surface area contributed by atoms with E-state index in [0.29, 0.717) is 23.7 Å². The maximum atomic E-state index is 12.9. The van der Waals surface area contributed by atoms with Gasteiger partial charge in [0.25, 0.3) is 5.91 Å². The first kappa shape index (κ1) is 23.4. The van der Waals surface area contributed by atoms with Gasteiger partial charge < -0.3 is 9.88 Å². The molecule has 1 aliphatic carbocycles. The Balaban J connectivity index is 1.37. The molecule has 0 radical (unpaired) electrons. The molecule has 0 bridgehead atoms. The first-order chi connectivity index (χ1) is 16.2. The minimum atomic E-state index is -0.102. The minimum Gasteiger partial charge on any atom is -0.352 e. The van der Waals surface area contributed by atoms with Crippen LogP contribution in [-0.4, -0.2) is 33.5 Å². The van der Waals surface area contributed by atoms with Crippen molar-refractivity contribution in [3.8, 4) is 6.07 Å². The number of nitrogens with zero attached hydrogens (tertiary/aromatic N) is 4. The fraction of sp³-hybridized carbons (Fsp3) is 0.360. The maximum Gasteiger partial charge on any atom is 0.252 e. The Morgan fingerprint density at radius 3 is 2.61 bits per heavy atom. The second kappa shape index (κ2) is 11.4. The number of hydrogen-bond donors (Lipinski definition) is 1. The second-order valence-corrected chi connectivity index (χ2v) is 9.83. The number of carbonyl (C=O) groups is 1. The zero-order valence-corrected chi connectivity index (χ0v) is 20.3. The van der Waals surface area contributed by atoms with Crippen LogP contribution in [0, 0.1) is 11.3 Å². The topological polar surface area (TPSA) is 83.6 Å². The molecule has 2 aromatic carbocycles. The third-order valence-corrected chi connectivity index (χ3v) is 7.62. The predicted molar refractivity (Wildman–Crippen MR) is 132 cm³/mol. The molecule has 0 aliphatic heterocycles. The Morgan fingerprint density at radius 2 is 1.85 bits per heavy atom. The predicted octanol–water partition coefficient (Wildman–Crippen LogP) is 5.50. The van der Waals surface area contributed by atoms with Gasteiger partial charge in [-0.2, -0.15) is 5.26 Å². The Labute approximate surface area is 203 Å². The molecular formula is C25H27N5OS2. The molecular weight excluding hydrogens is 450 g/mol. The summed E-state index contributed by atoms with van der Waals surface area (Å²) in [6.45, 7) is 0.568. The summed E-state index contributed by atoms with van der Waals surface area (Å²) in [6.07, 6.45) is 8.56. The number of aromatic nitrogens is 3. The minimum absolute atomic E-state index is 0.102. The molecule has 33 heavy (non-hydrogen) atoms. The van der Waals surface area contributed by atoms with Gasteiger partial charge in [-0.15, -0.1) is 10.2 Å². The number of benzene rings is 2. The normalized spacial score (nSPS) is 13.7. The van der Waals surface area contributed by atoms with Gasteiger partial charge in [0.1, 0.15) is 11.9 Å². The van der Waals surface area contributed by atoms with E-state index in [1.807, 2.05) is 48.7 Å². The summed E-state index contributed by atoms with van der Waals surface area (Å²) in [4.78, 5) is 14.6. The van der Waals surface area contributed by atoms with Crippen molar-refractivity contribution in [1.29, 1.82) is 5.26 Å². The standard InChI is InChI=1S/C25H27N5OS2/c1-32-25-29-28-23(30(25)19-10-3-4-11-19)15-8-16-27-24(31)20-12-5-7-14-22(20)33-21-13-6-2-9-18(21)17-26/h2,5-7,9,12-14,19H,3-4,8,10-11,15-16H2,1H3,(H,27,31). The van der Waals surface area contributed by atoms with Crippen LogP contribution >= 0.6 is 23.5 Å². The van der Waals surface area contributed by atoms with Gasteiger partial charge in [-0.05, 0) is 49.8 Å². The van der Waals surface area contributed by atoms with Crippen molar-refractivity contribution < 1.29 is 4.79 Å². The van der Waals surface area contributed by atoms with Crippen molar-refractivity contribution >= 4 is 29.4 Å². The van der Waals surface area contributed by atoms with Crippen LogP contribution in [-0.2, 0) is 6.42 Å². The Bertz CT molecular complexity index is 1150. The van der Waals surface area contributed by atoms with E-state index in [4.69, 9.17) is 0 Å². The van der Waals surface area contributed by atoms with Crippen molar-refractivity contribution in [3.63, 3.8) is 0 Å². The van der Waals surface area contributed by atoms with E-state index in [2.05, 4.69) is 26.2 Å². The van der Waals surface area contributed by atoms with E-state index in [-0.39, 0.29) is 5.91 Å². The number of aryl methyl sites for hydroxylation is 1. The lowest BCUT2D eigenvalue weighted by atomic mass is 10.2. The van der Waals surface area contributed by atoms with Crippen LogP contribution in [0.2, 0.25) is 0 Å². The average molecular weight is 478 g/mol. The smallest absolute Gasteiger partial charge is 0.252 e. The number of nitrogens with one attached hydrogen (secondary N) is 1. The van der Waals surface area contributed by atoms with Gasteiger partial charge in [0.15, 0.2) is 5.16 Å². The highest BCUT2D eigenvalue weighted by Crippen LogP contribution is 2.34. The number of hydrogen-bond acceptors (Lipinski definition) is 6. The van der Waals surface area contributed by atoms with E-state index < -0.39 is 0 Å². The zero-order valence-electron chi connectivity index (χ0n) is 18.7. The van der Waals surface area contributed by atoms with E-state index in [9.17, 15) is 10.1 Å². The van der Waals surface area contributed by atoms with Gasteiger partial charge in [-0.25, -0.2) is 0 Å². The van der Waals surface area contributed by atoms with Gasteiger partial charge in [0, 0.05) is 28.8 Å². The van der Waals surface area contributed by atoms with Crippen LogP contribution in [0.1, 0.15) is 59.9 Å². The van der Waals surface area contributed by atoms with Crippen LogP contribution in [0.5, 0.6) is 0 Å². The molecule has 8 heteroatoms. The molecule has 1 fully saturated rings. The summed E-state index contributed by atoms with van der Waals surface area (Å²) in [7, 11) is 0. The molecule has 4 rings (SSSR count). The van der Waals surface area contributed by atoms with Crippen LogP contribution in [0.3, 0.4) is 0 Å². The highest BCUT2D eigenvalue weighted by molar-refractivity contribution is 7.99. The third-order valence-electron chi connectivity index (χ3n) is 5.83. The van der Waals surface area contributed by atoms with Gasteiger partial charge in [0.2, 0.25) is 0 Å². The molecule has 1 aliphatic rings. The van der Waals surface area contributed by atoms with Crippen molar-refractivity contribution in [3.05, 3.63) is 65.5 Å². The Hall–Kier alpha value is -2.76. The number of carbonyl (C=O) groups excluding carboxylic acids is 1. The number of nitriles is 1. The highest BCUT2D eigenvalue weighted by atomic mass is 32.2. The van der Waals surface area contributed by atoms with Crippen LogP contribution in [0.15, 0.2) is 63.5 Å². The number of rotatable bonds is 9. The van der Waals surface area contributed by atoms with E-state index in [0.717, 1.165) is 33.6 Å². The van der Waals surface area contributed by atoms with Crippen LogP contribution in [0.4, 0.5) is 0 Å². The SMILES string of the molecule is CSc1nnc(CCCNC(=O)c2ccccc2Sc2ccccc2C#N)n1C1CCCC1. The van der Waals surface area contributed by atoms with Crippen molar-refractivity contribution in [2.45, 2.75) is 59.5 Å². The van der Waals surface area contributed by atoms with Crippen molar-refractivity contribution in [1.82, 2.24) is 20.1 Å². The molecule has 3 aromatic rings. The Kier molecular flexibility index (Phi) is 8.08. The molecule has 0 spiro atoms. The van der Waals surface area contributed by atoms with E-state index >= 15 is 0 Å². The first-order valence-corrected chi connectivity index (χ1v) is 13.3. The van der Waals surface area contributed by atoms with Crippen LogP contribution < -0.4 is 5.32 Å². The molecule has 1 N–H and O–H groups in total. The van der Waals surface area contributed by atoms with Crippen molar-refractivity contribution in [2.24, 2.45) is 0 Å². The summed E-state index contributed by atoms with van der Waals surface area (Å²) in [5.41, 5.74) is 1.22. The van der Waals surface area contributed by atoms with Crippen molar-refractivity contribution in [2.75, 3.05) is 12.8 Å². The van der Waals surface area contributed by atoms with E-state index in [1.165, 1.54) is 37.4 Å². The van der Waals surface area contributed by atoms with Gasteiger partial charge in [-0.1, -0.05) is 60.6 Å². The third kappa shape index (κ3) is 5.60. The molecule has 170 valence electrons.